The molecule has 0 aliphatic carbocycles. The average molecular weight is 375 g/mol. The van der Waals surface area contributed by atoms with Gasteiger partial charge in [0.15, 0.2) is 0 Å². The van der Waals surface area contributed by atoms with Gasteiger partial charge in [-0.3, -0.25) is 0 Å². The van der Waals surface area contributed by atoms with Crippen molar-refractivity contribution in [1.29, 1.82) is 0 Å². The average Bonchev–Trinajstić information content (AvgIpc) is 2.49. The van der Waals surface area contributed by atoms with Crippen LogP contribution >= 0.6 is 27.5 Å². The van der Waals surface area contributed by atoms with Gasteiger partial charge in [-0.15, -0.1) is 0 Å². The first-order valence-corrected chi connectivity index (χ1v) is 7.27. The first kappa shape index (κ1) is 16.1. The molecular formula is C15H14BrClFNO2. The van der Waals surface area contributed by atoms with E-state index in [1.54, 1.807) is 24.3 Å². The van der Waals surface area contributed by atoms with Crippen molar-refractivity contribution in [3.05, 3.63) is 56.8 Å². The molecule has 0 radical (unpaired) electrons. The van der Waals surface area contributed by atoms with Gasteiger partial charge in [0.05, 0.1) is 24.7 Å². The third-order valence-electron chi connectivity index (χ3n) is 3.15. The lowest BCUT2D eigenvalue weighted by atomic mass is 9.98. The topological polar surface area (TPSA) is 44.5 Å². The summed E-state index contributed by atoms with van der Waals surface area (Å²) < 4.78 is 24.5. The minimum atomic E-state index is -0.564. The molecule has 0 aliphatic heterocycles. The van der Waals surface area contributed by atoms with E-state index in [0.29, 0.717) is 32.1 Å². The van der Waals surface area contributed by atoms with E-state index in [9.17, 15) is 4.39 Å². The predicted octanol–water partition coefficient (Wildman–Crippen LogP) is 4.31. The normalized spacial score (nSPS) is 12.1. The molecule has 0 amide bonds. The number of benzene rings is 2. The van der Waals surface area contributed by atoms with Crippen molar-refractivity contribution in [3.63, 3.8) is 0 Å². The molecule has 0 saturated carbocycles. The van der Waals surface area contributed by atoms with E-state index in [1.165, 1.54) is 20.3 Å². The summed E-state index contributed by atoms with van der Waals surface area (Å²) in [6.45, 7) is 0. The molecule has 1 atom stereocenters. The highest BCUT2D eigenvalue weighted by atomic mass is 79.9. The number of rotatable bonds is 4. The van der Waals surface area contributed by atoms with Crippen LogP contribution in [-0.4, -0.2) is 14.2 Å². The Morgan fingerprint density at radius 2 is 1.90 bits per heavy atom. The number of hydrogen-bond donors (Lipinski definition) is 1. The fraction of sp³-hybridized carbons (Fsp3) is 0.200. The molecule has 3 nitrogen and oxygen atoms in total. The molecule has 2 N–H and O–H groups in total. The Balaban J connectivity index is 2.50. The highest BCUT2D eigenvalue weighted by molar-refractivity contribution is 9.10. The summed E-state index contributed by atoms with van der Waals surface area (Å²) in [5.41, 5.74) is 7.49. The maximum Gasteiger partial charge on any atom is 0.146 e. The lowest BCUT2D eigenvalue weighted by molar-refractivity contribution is 0.390. The van der Waals surface area contributed by atoms with Gasteiger partial charge in [0.1, 0.15) is 22.3 Å². The number of halogens is 3. The Morgan fingerprint density at radius 3 is 2.48 bits per heavy atom. The summed E-state index contributed by atoms with van der Waals surface area (Å²) in [5, 5.41) is 0.338. The van der Waals surface area contributed by atoms with Gasteiger partial charge in [-0.2, -0.15) is 0 Å². The molecule has 0 aromatic heterocycles. The molecule has 6 heteroatoms. The standard InChI is InChI=1S/C15H14BrClFNO2/c1-20-12-6-4-9(15(21-2)13(12)17)14(19)8-3-5-10(16)11(18)7-8/h3-7,14H,19H2,1-2H3. The second-order valence-electron chi connectivity index (χ2n) is 4.36. The van der Waals surface area contributed by atoms with E-state index < -0.39 is 6.04 Å². The minimum absolute atomic E-state index is 0.338. The summed E-state index contributed by atoms with van der Waals surface area (Å²) in [4.78, 5) is 0. The maximum atomic E-state index is 13.7. The van der Waals surface area contributed by atoms with Crippen LogP contribution in [0.15, 0.2) is 34.8 Å². The largest absolute Gasteiger partial charge is 0.495 e. The molecule has 1 unspecified atom stereocenters. The van der Waals surface area contributed by atoms with Crippen LogP contribution in [0.3, 0.4) is 0 Å². The molecule has 2 rings (SSSR count). The smallest absolute Gasteiger partial charge is 0.146 e. The zero-order chi connectivity index (χ0) is 15.6. The highest BCUT2D eigenvalue weighted by Crippen LogP contribution is 2.40. The van der Waals surface area contributed by atoms with Crippen LogP contribution in [0.1, 0.15) is 17.2 Å². The van der Waals surface area contributed by atoms with E-state index in [1.807, 2.05) is 0 Å². The zero-order valence-electron chi connectivity index (χ0n) is 11.5. The molecule has 2 aromatic carbocycles. The Kier molecular flexibility index (Phi) is 5.08. The van der Waals surface area contributed by atoms with E-state index in [0.717, 1.165) is 0 Å². The summed E-state index contributed by atoms with van der Waals surface area (Å²) in [7, 11) is 3.02. The number of methoxy groups -OCH3 is 2. The van der Waals surface area contributed by atoms with Crippen LogP contribution in [0.5, 0.6) is 11.5 Å². The van der Waals surface area contributed by atoms with Gasteiger partial charge in [-0.25, -0.2) is 4.39 Å². The molecule has 112 valence electrons. The van der Waals surface area contributed by atoms with Crippen LogP contribution < -0.4 is 15.2 Å². The van der Waals surface area contributed by atoms with Gasteiger partial charge in [0, 0.05) is 5.56 Å². The van der Waals surface area contributed by atoms with Gasteiger partial charge in [-0.1, -0.05) is 17.7 Å². The van der Waals surface area contributed by atoms with Crippen LogP contribution in [0, 0.1) is 5.82 Å². The zero-order valence-corrected chi connectivity index (χ0v) is 13.8. The SMILES string of the molecule is COc1ccc(C(N)c2ccc(Br)c(F)c2)c(OC)c1Cl. The second kappa shape index (κ2) is 6.64. The van der Waals surface area contributed by atoms with E-state index in [2.05, 4.69) is 15.9 Å². The first-order chi connectivity index (χ1) is 9.99. The highest BCUT2D eigenvalue weighted by Gasteiger charge is 2.20. The Morgan fingerprint density at radius 1 is 1.19 bits per heavy atom. The van der Waals surface area contributed by atoms with Crippen molar-refractivity contribution in [2.45, 2.75) is 6.04 Å². The van der Waals surface area contributed by atoms with E-state index in [-0.39, 0.29) is 5.82 Å². The summed E-state index contributed by atoms with van der Waals surface area (Å²) in [5.74, 6) is 0.542. The second-order valence-corrected chi connectivity index (χ2v) is 5.59. The minimum Gasteiger partial charge on any atom is -0.495 e. The van der Waals surface area contributed by atoms with Crippen molar-refractivity contribution in [2.24, 2.45) is 5.73 Å². The molecule has 0 spiro atoms. The van der Waals surface area contributed by atoms with Crippen molar-refractivity contribution in [2.75, 3.05) is 14.2 Å². The Hall–Kier alpha value is -1.30. The molecule has 0 saturated heterocycles. The first-order valence-electron chi connectivity index (χ1n) is 6.10. The van der Waals surface area contributed by atoms with Gasteiger partial charge < -0.3 is 15.2 Å². The lowest BCUT2D eigenvalue weighted by Gasteiger charge is -2.18. The molecule has 0 bridgehead atoms. The summed E-state index contributed by atoms with van der Waals surface area (Å²) >= 11 is 9.33. The van der Waals surface area contributed by atoms with E-state index in [4.69, 9.17) is 26.8 Å². The molecule has 0 heterocycles. The van der Waals surface area contributed by atoms with Crippen LogP contribution in [0.4, 0.5) is 4.39 Å². The van der Waals surface area contributed by atoms with Gasteiger partial charge >= 0.3 is 0 Å². The van der Waals surface area contributed by atoms with Crippen molar-refractivity contribution in [3.8, 4) is 11.5 Å². The number of hydrogen-bond acceptors (Lipinski definition) is 3. The summed E-state index contributed by atoms with van der Waals surface area (Å²) in [6, 6.07) is 7.64. The molecular weight excluding hydrogens is 361 g/mol. The van der Waals surface area contributed by atoms with Gasteiger partial charge in [-0.05, 0) is 45.8 Å². The monoisotopic (exact) mass is 373 g/mol. The number of nitrogens with two attached hydrogens (primary N) is 1. The van der Waals surface area contributed by atoms with Gasteiger partial charge in [0.2, 0.25) is 0 Å². The molecule has 21 heavy (non-hydrogen) atoms. The third kappa shape index (κ3) is 3.15. The fourth-order valence-electron chi connectivity index (χ4n) is 2.05. The van der Waals surface area contributed by atoms with Crippen LogP contribution in [0.2, 0.25) is 5.02 Å². The molecule has 0 fully saturated rings. The Bertz CT molecular complexity index is 666. The quantitative estimate of drug-likeness (QED) is 0.867. The third-order valence-corrected chi connectivity index (χ3v) is 4.16. The van der Waals surface area contributed by atoms with Crippen LogP contribution in [0.25, 0.3) is 0 Å². The molecule has 2 aromatic rings. The van der Waals surface area contributed by atoms with Crippen molar-refractivity contribution in [1.82, 2.24) is 0 Å². The molecule has 0 aliphatic rings. The predicted molar refractivity (Wildman–Crippen MR) is 84.7 cm³/mol. The Labute approximate surface area is 135 Å². The maximum absolute atomic E-state index is 13.7. The van der Waals surface area contributed by atoms with Crippen LogP contribution in [-0.2, 0) is 0 Å². The van der Waals surface area contributed by atoms with Crippen molar-refractivity contribution < 1.29 is 13.9 Å². The summed E-state index contributed by atoms with van der Waals surface area (Å²) in [6.07, 6.45) is 0. The number of ether oxygens (including phenoxy) is 2. The van der Waals surface area contributed by atoms with Crippen molar-refractivity contribution >= 4 is 27.5 Å². The van der Waals surface area contributed by atoms with Gasteiger partial charge in [0.25, 0.3) is 0 Å². The fourth-order valence-corrected chi connectivity index (χ4v) is 2.62. The lowest BCUT2D eigenvalue weighted by Crippen LogP contribution is -2.13. The van der Waals surface area contributed by atoms with E-state index >= 15 is 0 Å².